The summed E-state index contributed by atoms with van der Waals surface area (Å²) >= 11 is 7.18. The van der Waals surface area contributed by atoms with Gasteiger partial charge in [-0.15, -0.1) is 0 Å². The zero-order chi connectivity index (χ0) is 16.1. The van der Waals surface area contributed by atoms with Crippen molar-refractivity contribution in [2.24, 2.45) is 5.92 Å². The molecule has 5 heteroatoms. The van der Waals surface area contributed by atoms with Crippen LogP contribution in [0.1, 0.15) is 39.2 Å². The van der Waals surface area contributed by atoms with E-state index in [4.69, 9.17) is 9.47 Å². The smallest absolute Gasteiger partial charge is 0.129 e. The van der Waals surface area contributed by atoms with E-state index in [1.165, 1.54) is 6.07 Å². The van der Waals surface area contributed by atoms with E-state index < -0.39 is 0 Å². The van der Waals surface area contributed by atoms with Crippen LogP contribution in [-0.2, 0) is 16.1 Å². The van der Waals surface area contributed by atoms with Crippen LogP contribution >= 0.6 is 31.9 Å². The Morgan fingerprint density at radius 1 is 1.41 bits per heavy atom. The van der Waals surface area contributed by atoms with Crippen LogP contribution in [0.4, 0.5) is 4.39 Å². The molecule has 1 aromatic rings. The van der Waals surface area contributed by atoms with Crippen LogP contribution in [0.5, 0.6) is 0 Å². The van der Waals surface area contributed by atoms with E-state index in [2.05, 4.69) is 52.6 Å². The van der Waals surface area contributed by atoms with Crippen molar-refractivity contribution in [1.29, 1.82) is 0 Å². The molecule has 2 fully saturated rings. The average molecular weight is 436 g/mol. The first-order valence-corrected chi connectivity index (χ1v) is 9.38. The summed E-state index contributed by atoms with van der Waals surface area (Å²) in [4.78, 5) is 0.352. The van der Waals surface area contributed by atoms with Gasteiger partial charge in [0.05, 0.1) is 23.9 Å². The maximum Gasteiger partial charge on any atom is 0.129 e. The molecule has 0 aromatic heterocycles. The normalized spacial score (nSPS) is 37.2. The summed E-state index contributed by atoms with van der Waals surface area (Å²) in [7, 11) is 0. The van der Waals surface area contributed by atoms with Gasteiger partial charge in [-0.3, -0.25) is 0 Å². The maximum atomic E-state index is 13.9. The van der Waals surface area contributed by atoms with Gasteiger partial charge in [0.25, 0.3) is 0 Å². The van der Waals surface area contributed by atoms with Crippen LogP contribution in [-0.4, -0.2) is 22.1 Å². The lowest BCUT2D eigenvalue weighted by Gasteiger charge is -2.35. The van der Waals surface area contributed by atoms with E-state index in [1.807, 2.05) is 6.07 Å². The van der Waals surface area contributed by atoms with Crippen molar-refractivity contribution in [3.63, 3.8) is 0 Å². The molecule has 0 saturated carbocycles. The average Bonchev–Trinajstić information content (AvgIpc) is 2.86. The molecule has 1 aromatic carbocycles. The molecule has 2 aliphatic rings. The molecule has 0 amide bonds. The zero-order valence-electron chi connectivity index (χ0n) is 13.0. The molecule has 2 aliphatic heterocycles. The van der Waals surface area contributed by atoms with Gasteiger partial charge < -0.3 is 9.47 Å². The summed E-state index contributed by atoms with van der Waals surface area (Å²) in [5.74, 6) is 0.174. The second-order valence-electron chi connectivity index (χ2n) is 6.90. The third-order valence-corrected chi connectivity index (χ3v) is 7.03. The molecule has 2 saturated heterocycles. The fraction of sp³-hybridized carbons (Fsp3) is 0.647. The molecule has 2 bridgehead atoms. The van der Waals surface area contributed by atoms with Gasteiger partial charge in [-0.05, 0) is 31.4 Å². The number of hydrogen-bond acceptors (Lipinski definition) is 2. The minimum atomic E-state index is -0.295. The van der Waals surface area contributed by atoms with Crippen LogP contribution in [0.25, 0.3) is 0 Å². The minimum Gasteiger partial charge on any atom is -0.370 e. The molecule has 3 rings (SSSR count). The van der Waals surface area contributed by atoms with E-state index in [-0.39, 0.29) is 29.7 Å². The van der Waals surface area contributed by atoms with Gasteiger partial charge in [-0.25, -0.2) is 4.39 Å². The molecular weight excluding hydrogens is 415 g/mol. The molecule has 22 heavy (non-hydrogen) atoms. The fourth-order valence-electron chi connectivity index (χ4n) is 3.75. The Labute approximate surface area is 148 Å². The summed E-state index contributed by atoms with van der Waals surface area (Å²) in [5, 5.41) is 0. The van der Waals surface area contributed by atoms with E-state index in [9.17, 15) is 4.39 Å². The third kappa shape index (κ3) is 2.58. The summed E-state index contributed by atoms with van der Waals surface area (Å²) < 4.78 is 27.2. The van der Waals surface area contributed by atoms with Crippen LogP contribution < -0.4 is 0 Å². The summed E-state index contributed by atoms with van der Waals surface area (Å²) in [5.41, 5.74) is 0.102. The number of halogens is 3. The van der Waals surface area contributed by atoms with Crippen molar-refractivity contribution < 1.29 is 13.9 Å². The quantitative estimate of drug-likeness (QED) is 0.604. The first kappa shape index (κ1) is 16.9. The van der Waals surface area contributed by atoms with Gasteiger partial charge in [0.2, 0.25) is 0 Å². The Balaban J connectivity index is 1.75. The Morgan fingerprint density at radius 2 is 2.14 bits per heavy atom. The lowest BCUT2D eigenvalue weighted by atomic mass is 9.75. The molecule has 122 valence electrons. The molecule has 2 nitrogen and oxygen atoms in total. The predicted octanol–water partition coefficient (Wildman–Crippen LogP) is 5.21. The van der Waals surface area contributed by atoms with Crippen molar-refractivity contribution in [3.05, 3.63) is 34.1 Å². The highest BCUT2D eigenvalue weighted by Gasteiger charge is 2.65. The van der Waals surface area contributed by atoms with Crippen LogP contribution in [0.3, 0.4) is 0 Å². The minimum absolute atomic E-state index is 0.00444. The van der Waals surface area contributed by atoms with Crippen molar-refractivity contribution in [2.75, 3.05) is 0 Å². The largest absolute Gasteiger partial charge is 0.370 e. The van der Waals surface area contributed by atoms with Crippen LogP contribution in [0.2, 0.25) is 0 Å². The first-order valence-electron chi connectivity index (χ1n) is 7.67. The van der Waals surface area contributed by atoms with Gasteiger partial charge in [-0.2, -0.15) is 0 Å². The highest BCUT2D eigenvalue weighted by Crippen LogP contribution is 2.57. The Hall–Kier alpha value is 0.0300. The monoisotopic (exact) mass is 434 g/mol. The predicted molar refractivity (Wildman–Crippen MR) is 91.7 cm³/mol. The Bertz CT molecular complexity index is 560. The fourth-order valence-corrected chi connectivity index (χ4v) is 5.65. The summed E-state index contributed by atoms with van der Waals surface area (Å²) in [6, 6.07) is 4.99. The molecule has 2 heterocycles. The van der Waals surface area contributed by atoms with Crippen LogP contribution in [0, 0.1) is 11.7 Å². The molecule has 0 radical (unpaired) electrons. The highest BCUT2D eigenvalue weighted by molar-refractivity contribution is 9.10. The molecule has 4 atom stereocenters. The van der Waals surface area contributed by atoms with Gasteiger partial charge in [0.1, 0.15) is 5.82 Å². The van der Waals surface area contributed by atoms with E-state index in [1.54, 1.807) is 6.07 Å². The maximum absolute atomic E-state index is 13.9. The number of benzene rings is 1. The Kier molecular flexibility index (Phi) is 4.47. The third-order valence-electron chi connectivity index (χ3n) is 5.19. The lowest BCUT2D eigenvalue weighted by molar-refractivity contribution is -0.0958. The van der Waals surface area contributed by atoms with Gasteiger partial charge in [0, 0.05) is 21.3 Å². The van der Waals surface area contributed by atoms with Crippen molar-refractivity contribution in [1.82, 2.24) is 0 Å². The standard InChI is InChI=1S/C17H21Br2FO2/c1-10(2)17-8-15(16(3,22-17)7-14(17)19)21-9-11-12(18)5-4-6-13(11)20/h4-6,10,14-15H,7-9H2,1-3H3/t14-,15+,16-,17+/m1/s1. The molecule has 0 aliphatic carbocycles. The van der Waals surface area contributed by atoms with E-state index in [0.29, 0.717) is 16.3 Å². The second-order valence-corrected chi connectivity index (χ2v) is 8.86. The number of hydrogen-bond donors (Lipinski definition) is 0. The molecule has 0 N–H and O–H groups in total. The zero-order valence-corrected chi connectivity index (χ0v) is 16.2. The molecule has 0 spiro atoms. The topological polar surface area (TPSA) is 18.5 Å². The number of ether oxygens (including phenoxy) is 2. The van der Waals surface area contributed by atoms with Crippen molar-refractivity contribution in [3.8, 4) is 0 Å². The van der Waals surface area contributed by atoms with Gasteiger partial charge >= 0.3 is 0 Å². The van der Waals surface area contributed by atoms with E-state index in [0.717, 1.165) is 17.3 Å². The number of fused-ring (bicyclic) bond motifs is 2. The highest BCUT2D eigenvalue weighted by atomic mass is 79.9. The van der Waals surface area contributed by atoms with Crippen LogP contribution in [0.15, 0.2) is 22.7 Å². The second kappa shape index (κ2) is 5.83. The molecular formula is C17H21Br2FO2. The summed E-state index contributed by atoms with van der Waals surface area (Å²) in [6.45, 7) is 6.75. The van der Waals surface area contributed by atoms with E-state index >= 15 is 0 Å². The molecule has 0 unspecified atom stereocenters. The SMILES string of the molecule is CC(C)[C@@]12C[C@H](OCc3c(F)cccc3Br)[C@@](C)(C[C@H]1Br)O2. The van der Waals surface area contributed by atoms with Gasteiger partial charge in [-0.1, -0.05) is 51.8 Å². The lowest BCUT2D eigenvalue weighted by Crippen LogP contribution is -2.44. The van der Waals surface area contributed by atoms with Crippen molar-refractivity contribution >= 4 is 31.9 Å². The summed E-state index contributed by atoms with van der Waals surface area (Å²) in [6.07, 6.45) is 1.77. The van der Waals surface area contributed by atoms with Crippen molar-refractivity contribution in [2.45, 2.75) is 62.4 Å². The number of rotatable bonds is 4. The Morgan fingerprint density at radius 3 is 2.73 bits per heavy atom. The first-order chi connectivity index (χ1) is 10.3. The van der Waals surface area contributed by atoms with Gasteiger partial charge in [0.15, 0.2) is 0 Å². The number of alkyl halides is 1.